The Bertz CT molecular complexity index is 942. The summed E-state index contributed by atoms with van der Waals surface area (Å²) in [4.78, 5) is 13.1. The highest BCUT2D eigenvalue weighted by atomic mass is 32.2. The number of nitrogens with one attached hydrogen (secondary N) is 1. The zero-order valence-corrected chi connectivity index (χ0v) is 17.5. The number of hydrogen-bond donors (Lipinski definition) is 1. The van der Waals surface area contributed by atoms with Crippen molar-refractivity contribution in [2.75, 3.05) is 13.1 Å². The van der Waals surface area contributed by atoms with Crippen molar-refractivity contribution < 1.29 is 13.2 Å². The zero-order valence-electron chi connectivity index (χ0n) is 16.7. The molecule has 6 heteroatoms. The average molecular weight is 401 g/mol. The molecule has 2 aromatic rings. The Morgan fingerprint density at radius 1 is 1.14 bits per heavy atom. The van der Waals surface area contributed by atoms with E-state index in [4.69, 9.17) is 0 Å². The molecule has 1 fully saturated rings. The van der Waals surface area contributed by atoms with E-state index in [9.17, 15) is 13.2 Å². The number of carbonyl (C=O) groups excluding carboxylic acids is 1. The van der Waals surface area contributed by atoms with Crippen LogP contribution in [0.1, 0.15) is 42.5 Å². The SMILES string of the molecule is Cc1ccc([C@H](C)NC(=O)[C@H]2CCCN(S(=O)(=O)c3ccccc3)C2)c(C)c1. The van der Waals surface area contributed by atoms with Crippen molar-refractivity contribution in [3.8, 4) is 0 Å². The standard InChI is InChI=1S/C22H28N2O3S/c1-16-11-12-21(17(2)14-16)18(3)23-22(25)19-8-7-13-24(15-19)28(26,27)20-9-5-4-6-10-20/h4-6,9-12,14,18-19H,7-8,13,15H2,1-3H3,(H,23,25)/t18-,19-/m0/s1. The molecule has 28 heavy (non-hydrogen) atoms. The number of hydrogen-bond acceptors (Lipinski definition) is 3. The maximum Gasteiger partial charge on any atom is 0.243 e. The molecule has 0 spiro atoms. The van der Waals surface area contributed by atoms with Gasteiger partial charge in [-0.25, -0.2) is 8.42 Å². The van der Waals surface area contributed by atoms with Crippen LogP contribution < -0.4 is 5.32 Å². The lowest BCUT2D eigenvalue weighted by atomic mass is 9.96. The second kappa shape index (κ2) is 8.45. The fourth-order valence-corrected chi connectivity index (χ4v) is 5.38. The number of carbonyl (C=O) groups is 1. The second-order valence-corrected chi connectivity index (χ2v) is 9.54. The molecule has 0 bridgehead atoms. The van der Waals surface area contributed by atoms with Gasteiger partial charge in [0.1, 0.15) is 0 Å². The third kappa shape index (κ3) is 4.45. The lowest BCUT2D eigenvalue weighted by Crippen LogP contribution is -2.45. The number of aryl methyl sites for hydroxylation is 2. The van der Waals surface area contributed by atoms with E-state index in [0.717, 1.165) is 11.1 Å². The molecule has 1 heterocycles. The fraction of sp³-hybridized carbons (Fsp3) is 0.409. The largest absolute Gasteiger partial charge is 0.349 e. The van der Waals surface area contributed by atoms with Gasteiger partial charge in [-0.3, -0.25) is 4.79 Å². The summed E-state index contributed by atoms with van der Waals surface area (Å²) in [5, 5.41) is 3.08. The van der Waals surface area contributed by atoms with Crippen molar-refractivity contribution in [2.45, 2.75) is 44.6 Å². The maximum absolute atomic E-state index is 12.9. The Morgan fingerprint density at radius 2 is 1.86 bits per heavy atom. The van der Waals surface area contributed by atoms with E-state index in [1.54, 1.807) is 30.3 Å². The smallest absolute Gasteiger partial charge is 0.243 e. The summed E-state index contributed by atoms with van der Waals surface area (Å²) < 4.78 is 27.2. The molecule has 1 amide bonds. The molecule has 1 aliphatic rings. The minimum Gasteiger partial charge on any atom is -0.349 e. The lowest BCUT2D eigenvalue weighted by molar-refractivity contribution is -0.126. The first-order chi connectivity index (χ1) is 13.3. The Morgan fingerprint density at radius 3 is 2.54 bits per heavy atom. The van der Waals surface area contributed by atoms with E-state index in [-0.39, 0.29) is 29.3 Å². The number of piperidine rings is 1. The van der Waals surface area contributed by atoms with Gasteiger partial charge < -0.3 is 5.32 Å². The molecule has 0 aromatic heterocycles. The minimum absolute atomic E-state index is 0.0829. The van der Waals surface area contributed by atoms with Crippen LogP contribution in [0.25, 0.3) is 0 Å². The maximum atomic E-state index is 12.9. The molecule has 1 saturated heterocycles. The number of nitrogens with zero attached hydrogens (tertiary/aromatic N) is 1. The Labute approximate surface area is 167 Å². The van der Waals surface area contributed by atoms with Gasteiger partial charge in [0, 0.05) is 13.1 Å². The van der Waals surface area contributed by atoms with E-state index in [1.165, 1.54) is 9.87 Å². The first-order valence-corrected chi connectivity index (χ1v) is 11.2. The van der Waals surface area contributed by atoms with Gasteiger partial charge in [-0.05, 0) is 56.9 Å². The van der Waals surface area contributed by atoms with Crippen LogP contribution in [-0.2, 0) is 14.8 Å². The van der Waals surface area contributed by atoms with Crippen LogP contribution in [0.2, 0.25) is 0 Å². The van der Waals surface area contributed by atoms with Crippen molar-refractivity contribution in [3.05, 3.63) is 65.2 Å². The van der Waals surface area contributed by atoms with Crippen LogP contribution in [0.3, 0.4) is 0 Å². The van der Waals surface area contributed by atoms with Crippen molar-refractivity contribution in [2.24, 2.45) is 5.92 Å². The molecular weight excluding hydrogens is 372 g/mol. The molecule has 0 unspecified atom stereocenters. The first-order valence-electron chi connectivity index (χ1n) is 9.72. The van der Waals surface area contributed by atoms with Crippen molar-refractivity contribution in [1.29, 1.82) is 0 Å². The zero-order chi connectivity index (χ0) is 20.3. The second-order valence-electron chi connectivity index (χ2n) is 7.61. The molecule has 1 aliphatic heterocycles. The summed E-state index contributed by atoms with van der Waals surface area (Å²) in [5.74, 6) is -0.416. The van der Waals surface area contributed by atoms with Crippen LogP contribution in [0.4, 0.5) is 0 Å². The van der Waals surface area contributed by atoms with Gasteiger partial charge in [-0.15, -0.1) is 0 Å². The van der Waals surface area contributed by atoms with Gasteiger partial charge in [-0.2, -0.15) is 4.31 Å². The molecule has 0 radical (unpaired) electrons. The van der Waals surface area contributed by atoms with Gasteiger partial charge in [0.05, 0.1) is 16.9 Å². The first kappa shape index (κ1) is 20.6. The molecule has 5 nitrogen and oxygen atoms in total. The molecule has 2 atom stereocenters. The molecule has 0 aliphatic carbocycles. The number of benzene rings is 2. The van der Waals surface area contributed by atoms with E-state index < -0.39 is 10.0 Å². The van der Waals surface area contributed by atoms with Crippen molar-refractivity contribution >= 4 is 15.9 Å². The summed E-state index contributed by atoms with van der Waals surface area (Å²) in [5.41, 5.74) is 3.42. The quantitative estimate of drug-likeness (QED) is 0.834. The van der Waals surface area contributed by atoms with E-state index in [0.29, 0.717) is 19.4 Å². The minimum atomic E-state index is -3.57. The Hall–Kier alpha value is -2.18. The molecular formula is C22H28N2O3S. The van der Waals surface area contributed by atoms with Crippen LogP contribution in [0.15, 0.2) is 53.4 Å². The van der Waals surface area contributed by atoms with E-state index >= 15 is 0 Å². The summed E-state index contributed by atoms with van der Waals surface area (Å²) in [6.45, 7) is 6.73. The topological polar surface area (TPSA) is 66.5 Å². The highest BCUT2D eigenvalue weighted by Gasteiger charge is 2.33. The normalized spacial score (nSPS) is 19.2. The molecule has 0 saturated carbocycles. The van der Waals surface area contributed by atoms with Gasteiger partial charge in [-0.1, -0.05) is 42.0 Å². The van der Waals surface area contributed by atoms with Crippen LogP contribution in [0, 0.1) is 19.8 Å². The van der Waals surface area contributed by atoms with E-state index in [1.807, 2.05) is 32.9 Å². The number of amides is 1. The summed E-state index contributed by atoms with van der Waals surface area (Å²) in [7, 11) is -3.57. The molecule has 3 rings (SSSR count). The van der Waals surface area contributed by atoms with Gasteiger partial charge in [0.25, 0.3) is 0 Å². The van der Waals surface area contributed by atoms with Crippen molar-refractivity contribution in [1.82, 2.24) is 9.62 Å². The summed E-state index contributed by atoms with van der Waals surface area (Å²) in [6, 6.07) is 14.5. The summed E-state index contributed by atoms with van der Waals surface area (Å²) in [6.07, 6.45) is 1.38. The summed E-state index contributed by atoms with van der Waals surface area (Å²) >= 11 is 0. The lowest BCUT2D eigenvalue weighted by Gasteiger charge is -2.32. The predicted octanol–water partition coefficient (Wildman–Crippen LogP) is 3.58. The fourth-order valence-electron chi connectivity index (χ4n) is 3.84. The Kier molecular flexibility index (Phi) is 6.20. The van der Waals surface area contributed by atoms with Crippen LogP contribution >= 0.6 is 0 Å². The van der Waals surface area contributed by atoms with E-state index in [2.05, 4.69) is 11.4 Å². The van der Waals surface area contributed by atoms with Gasteiger partial charge in [0.15, 0.2) is 0 Å². The number of sulfonamides is 1. The van der Waals surface area contributed by atoms with Crippen molar-refractivity contribution in [3.63, 3.8) is 0 Å². The van der Waals surface area contributed by atoms with Gasteiger partial charge >= 0.3 is 0 Å². The number of rotatable bonds is 5. The van der Waals surface area contributed by atoms with Gasteiger partial charge in [0.2, 0.25) is 15.9 Å². The molecule has 150 valence electrons. The van der Waals surface area contributed by atoms with Crippen LogP contribution in [-0.4, -0.2) is 31.7 Å². The average Bonchev–Trinajstić information content (AvgIpc) is 2.68. The Balaban J connectivity index is 1.69. The predicted molar refractivity (Wildman–Crippen MR) is 110 cm³/mol. The molecule has 1 N–H and O–H groups in total. The van der Waals surface area contributed by atoms with Crippen LogP contribution in [0.5, 0.6) is 0 Å². The third-order valence-corrected chi connectivity index (χ3v) is 7.27. The highest BCUT2D eigenvalue weighted by molar-refractivity contribution is 7.89. The molecule has 2 aromatic carbocycles. The third-order valence-electron chi connectivity index (χ3n) is 5.39. The highest BCUT2D eigenvalue weighted by Crippen LogP contribution is 2.25. The monoisotopic (exact) mass is 400 g/mol.